The van der Waals surface area contributed by atoms with Crippen LogP contribution in [0.4, 0.5) is 0 Å². The molecule has 2 atom stereocenters. The maximum absolute atomic E-state index is 12.6. The molecule has 128 valence electrons. The third-order valence-corrected chi connectivity index (χ3v) is 6.70. The van der Waals surface area contributed by atoms with Crippen molar-refractivity contribution in [1.82, 2.24) is 14.2 Å². The van der Waals surface area contributed by atoms with E-state index in [1.165, 1.54) is 21.9 Å². The first kappa shape index (κ1) is 16.8. The number of carbonyl (C=O) groups excluding carboxylic acids is 1. The van der Waals surface area contributed by atoms with E-state index >= 15 is 0 Å². The summed E-state index contributed by atoms with van der Waals surface area (Å²) in [5.41, 5.74) is 2.42. The largest absolute Gasteiger partial charge is 0.375 e. The zero-order chi connectivity index (χ0) is 16.6. The summed E-state index contributed by atoms with van der Waals surface area (Å²) in [5.74, 6) is -0.0189. The zero-order valence-electron chi connectivity index (χ0n) is 13.3. The lowest BCUT2D eigenvalue weighted by atomic mass is 10.0. The van der Waals surface area contributed by atoms with Crippen molar-refractivity contribution < 1.29 is 17.9 Å². The summed E-state index contributed by atoms with van der Waals surface area (Å²) in [6.07, 6.45) is 2.35. The summed E-state index contributed by atoms with van der Waals surface area (Å²) in [7, 11) is -3.26. The van der Waals surface area contributed by atoms with Crippen molar-refractivity contribution in [3.05, 3.63) is 16.1 Å². The number of thiazole rings is 1. The molecule has 1 amide bonds. The summed E-state index contributed by atoms with van der Waals surface area (Å²) in [4.78, 5) is 19.2. The van der Waals surface area contributed by atoms with Gasteiger partial charge in [-0.15, -0.1) is 11.3 Å². The molecule has 2 aliphatic heterocycles. The van der Waals surface area contributed by atoms with E-state index < -0.39 is 10.0 Å². The second kappa shape index (κ2) is 6.46. The average Bonchev–Trinajstić information content (AvgIpc) is 2.80. The van der Waals surface area contributed by atoms with Gasteiger partial charge in [0.25, 0.3) is 5.91 Å². The Labute approximate surface area is 140 Å². The highest BCUT2D eigenvalue weighted by Crippen LogP contribution is 2.27. The van der Waals surface area contributed by atoms with Gasteiger partial charge in [0.05, 0.1) is 36.2 Å². The number of rotatable bonds is 2. The number of carbonyl (C=O) groups is 1. The molecular formula is C14H21N3O4S2. The van der Waals surface area contributed by atoms with Gasteiger partial charge in [0.2, 0.25) is 10.0 Å². The molecule has 0 saturated carbocycles. The Kier molecular flexibility index (Phi) is 4.73. The highest BCUT2D eigenvalue weighted by atomic mass is 32.2. The summed E-state index contributed by atoms with van der Waals surface area (Å²) in [5, 5.41) is 0. The number of aryl methyl sites for hydroxylation is 1. The summed E-state index contributed by atoms with van der Waals surface area (Å²) >= 11 is 1.35. The highest BCUT2D eigenvalue weighted by molar-refractivity contribution is 7.88. The SMILES string of the molecule is Cc1ncsc1C(=O)N1CC[C@H]2OCCN(S(C)(=O)=O)[C@H]2CC1. The van der Waals surface area contributed by atoms with E-state index in [1.54, 1.807) is 10.4 Å². The smallest absolute Gasteiger partial charge is 0.265 e. The van der Waals surface area contributed by atoms with E-state index in [0.717, 1.165) is 5.69 Å². The van der Waals surface area contributed by atoms with E-state index in [-0.39, 0.29) is 18.1 Å². The number of aromatic nitrogens is 1. The Bertz CT molecular complexity index is 688. The van der Waals surface area contributed by atoms with Gasteiger partial charge in [-0.3, -0.25) is 4.79 Å². The Morgan fingerprint density at radius 3 is 2.74 bits per heavy atom. The minimum absolute atomic E-state index is 0.0189. The summed E-state index contributed by atoms with van der Waals surface area (Å²) < 4.78 is 31.3. The summed E-state index contributed by atoms with van der Waals surface area (Å²) in [6, 6.07) is -0.181. The molecule has 0 aromatic carbocycles. The molecule has 0 bridgehead atoms. The summed E-state index contributed by atoms with van der Waals surface area (Å²) in [6.45, 7) is 3.75. The normalized spacial score (nSPS) is 26.6. The Hall–Kier alpha value is -1.03. The lowest BCUT2D eigenvalue weighted by molar-refractivity contribution is -0.0406. The first-order valence-corrected chi connectivity index (χ1v) is 10.4. The molecule has 2 saturated heterocycles. The second-order valence-corrected chi connectivity index (χ2v) is 8.78. The van der Waals surface area contributed by atoms with E-state index in [2.05, 4.69) is 4.98 Å². The van der Waals surface area contributed by atoms with Gasteiger partial charge < -0.3 is 9.64 Å². The van der Waals surface area contributed by atoms with Crippen LogP contribution in [0.2, 0.25) is 0 Å². The predicted octanol–water partition coefficient (Wildman–Crippen LogP) is 0.717. The van der Waals surface area contributed by atoms with Gasteiger partial charge in [0.1, 0.15) is 4.88 Å². The number of fused-ring (bicyclic) bond motifs is 1. The molecule has 9 heteroatoms. The Balaban J connectivity index is 1.76. The van der Waals surface area contributed by atoms with Crippen molar-refractivity contribution in [1.29, 1.82) is 0 Å². The first-order chi connectivity index (χ1) is 10.9. The van der Waals surface area contributed by atoms with Gasteiger partial charge >= 0.3 is 0 Å². The van der Waals surface area contributed by atoms with Crippen molar-refractivity contribution in [3.63, 3.8) is 0 Å². The molecule has 3 heterocycles. The number of ether oxygens (including phenoxy) is 1. The fraction of sp³-hybridized carbons (Fsp3) is 0.714. The first-order valence-electron chi connectivity index (χ1n) is 7.65. The molecule has 7 nitrogen and oxygen atoms in total. The monoisotopic (exact) mass is 359 g/mol. The molecule has 0 aliphatic carbocycles. The van der Waals surface area contributed by atoms with Crippen molar-refractivity contribution in [2.45, 2.75) is 31.9 Å². The van der Waals surface area contributed by atoms with Crippen LogP contribution in [0.25, 0.3) is 0 Å². The van der Waals surface area contributed by atoms with Crippen LogP contribution >= 0.6 is 11.3 Å². The molecule has 3 rings (SSSR count). The topological polar surface area (TPSA) is 79.8 Å². The molecule has 23 heavy (non-hydrogen) atoms. The molecule has 0 N–H and O–H groups in total. The molecule has 2 fully saturated rings. The van der Waals surface area contributed by atoms with Crippen LogP contribution in [0.15, 0.2) is 5.51 Å². The molecule has 0 radical (unpaired) electrons. The van der Waals surface area contributed by atoms with Gasteiger partial charge in [-0.05, 0) is 19.8 Å². The standard InChI is InChI=1S/C14H21N3O4S2/c1-10-13(22-9-15-10)14(18)16-5-3-11-12(4-6-16)21-8-7-17(11)23(2,19)20/h9,11-12H,3-8H2,1-2H3/t11-,12+/m0/s1. The lowest BCUT2D eigenvalue weighted by Crippen LogP contribution is -2.53. The maximum Gasteiger partial charge on any atom is 0.265 e. The van der Waals surface area contributed by atoms with Gasteiger partial charge in [-0.2, -0.15) is 4.31 Å². The molecule has 0 unspecified atom stereocenters. The maximum atomic E-state index is 12.6. The number of hydrogen-bond donors (Lipinski definition) is 0. The molecule has 1 aromatic rings. The number of amides is 1. The van der Waals surface area contributed by atoms with E-state index in [0.29, 0.717) is 44.0 Å². The van der Waals surface area contributed by atoms with E-state index in [9.17, 15) is 13.2 Å². The van der Waals surface area contributed by atoms with E-state index in [1.807, 2.05) is 6.92 Å². The van der Waals surface area contributed by atoms with Crippen LogP contribution in [0, 0.1) is 6.92 Å². The zero-order valence-corrected chi connectivity index (χ0v) is 14.9. The quantitative estimate of drug-likeness (QED) is 0.777. The minimum Gasteiger partial charge on any atom is -0.375 e. The number of hydrogen-bond acceptors (Lipinski definition) is 6. The van der Waals surface area contributed by atoms with Crippen LogP contribution in [-0.2, 0) is 14.8 Å². The fourth-order valence-corrected chi connectivity index (χ4v) is 5.22. The molecule has 0 spiro atoms. The van der Waals surface area contributed by atoms with Gasteiger partial charge in [0.15, 0.2) is 0 Å². The van der Waals surface area contributed by atoms with Crippen molar-refractivity contribution in [2.24, 2.45) is 0 Å². The average molecular weight is 359 g/mol. The number of likely N-dealkylation sites (tertiary alicyclic amines) is 1. The van der Waals surface area contributed by atoms with Crippen molar-refractivity contribution >= 4 is 27.3 Å². The lowest BCUT2D eigenvalue weighted by Gasteiger charge is -2.38. The molecule has 2 aliphatic rings. The third kappa shape index (κ3) is 3.42. The highest BCUT2D eigenvalue weighted by Gasteiger charge is 2.39. The second-order valence-electron chi connectivity index (χ2n) is 5.99. The van der Waals surface area contributed by atoms with Crippen molar-refractivity contribution in [3.8, 4) is 0 Å². The predicted molar refractivity (Wildman–Crippen MR) is 87.1 cm³/mol. The van der Waals surface area contributed by atoms with Crippen molar-refractivity contribution in [2.75, 3.05) is 32.5 Å². The number of sulfonamides is 1. The van der Waals surface area contributed by atoms with Crippen LogP contribution in [0.3, 0.4) is 0 Å². The molecular weight excluding hydrogens is 338 g/mol. The number of morpholine rings is 1. The van der Waals surface area contributed by atoms with Gasteiger partial charge in [0, 0.05) is 19.6 Å². The van der Waals surface area contributed by atoms with Crippen LogP contribution in [-0.4, -0.2) is 73.2 Å². The van der Waals surface area contributed by atoms with E-state index in [4.69, 9.17) is 4.74 Å². The van der Waals surface area contributed by atoms with Crippen LogP contribution in [0.1, 0.15) is 28.2 Å². The van der Waals surface area contributed by atoms with Gasteiger partial charge in [-0.1, -0.05) is 0 Å². The fourth-order valence-electron chi connectivity index (χ4n) is 3.31. The Morgan fingerprint density at radius 1 is 1.35 bits per heavy atom. The third-order valence-electron chi connectivity index (χ3n) is 4.47. The molecule has 1 aromatic heterocycles. The Morgan fingerprint density at radius 2 is 2.09 bits per heavy atom. The number of nitrogens with zero attached hydrogens (tertiary/aromatic N) is 3. The minimum atomic E-state index is -3.26. The van der Waals surface area contributed by atoms with Crippen LogP contribution in [0.5, 0.6) is 0 Å². The van der Waals surface area contributed by atoms with Gasteiger partial charge in [-0.25, -0.2) is 13.4 Å². The van der Waals surface area contributed by atoms with Crippen LogP contribution < -0.4 is 0 Å².